The van der Waals surface area contributed by atoms with Crippen molar-refractivity contribution in [3.63, 3.8) is 0 Å². The monoisotopic (exact) mass is 444 g/mol. The molecule has 0 fully saturated rings. The van der Waals surface area contributed by atoms with Crippen LogP contribution in [0.4, 0.5) is 11.4 Å². The average Bonchev–Trinajstić information content (AvgIpc) is 3.26. The van der Waals surface area contributed by atoms with Crippen LogP contribution in [-0.4, -0.2) is 55.2 Å². The Hall–Kier alpha value is -3.28. The predicted octanol–water partition coefficient (Wildman–Crippen LogP) is 2.23. The quantitative estimate of drug-likeness (QED) is 0.363. The minimum atomic E-state index is -3.85. The fourth-order valence-electron chi connectivity index (χ4n) is 2.95. The number of anilines is 1. The number of hydrogen-bond donors (Lipinski definition) is 2. The first kappa shape index (κ1) is 22.4. The van der Waals surface area contributed by atoms with Crippen LogP contribution in [0.3, 0.4) is 0 Å². The summed E-state index contributed by atoms with van der Waals surface area (Å²) in [6.45, 7) is 1.01. The smallest absolute Gasteiger partial charge is 0.293 e. The van der Waals surface area contributed by atoms with Gasteiger partial charge in [-0.3, -0.25) is 10.1 Å². The minimum Gasteiger partial charge on any atom is -0.375 e. The molecule has 0 saturated carbocycles. The van der Waals surface area contributed by atoms with Gasteiger partial charge in [-0.05, 0) is 43.9 Å². The molecule has 0 aliphatic carbocycles. The Morgan fingerprint density at radius 1 is 1.16 bits per heavy atom. The van der Waals surface area contributed by atoms with Crippen molar-refractivity contribution in [1.82, 2.24) is 19.4 Å². The molecular formula is C20H24N6O4S. The van der Waals surface area contributed by atoms with Gasteiger partial charge in [0.05, 0.1) is 15.5 Å². The normalized spacial score (nSPS) is 11.6. The highest BCUT2D eigenvalue weighted by Gasteiger charge is 2.21. The molecule has 1 heterocycles. The third-order valence-electron chi connectivity index (χ3n) is 4.54. The van der Waals surface area contributed by atoms with E-state index in [2.05, 4.69) is 15.1 Å². The molecule has 10 nitrogen and oxygen atoms in total. The summed E-state index contributed by atoms with van der Waals surface area (Å²) < 4.78 is 29.1. The van der Waals surface area contributed by atoms with Crippen molar-refractivity contribution < 1.29 is 13.3 Å². The lowest BCUT2D eigenvalue weighted by atomic mass is 10.1. The molecule has 0 saturated heterocycles. The molecule has 2 N–H and O–H groups in total. The lowest BCUT2D eigenvalue weighted by Gasteiger charge is -2.13. The van der Waals surface area contributed by atoms with Gasteiger partial charge in [0.1, 0.15) is 5.69 Å². The number of nitro groups is 1. The second kappa shape index (κ2) is 9.69. The second-order valence-electron chi connectivity index (χ2n) is 7.07. The molecule has 0 spiro atoms. The maximum absolute atomic E-state index is 12.5. The average molecular weight is 445 g/mol. The first-order chi connectivity index (χ1) is 14.8. The maximum Gasteiger partial charge on any atom is 0.293 e. The zero-order valence-electron chi connectivity index (χ0n) is 17.2. The van der Waals surface area contributed by atoms with Gasteiger partial charge in [0.15, 0.2) is 0 Å². The summed E-state index contributed by atoms with van der Waals surface area (Å²) in [6.07, 6.45) is 3.48. The number of benzene rings is 2. The highest BCUT2D eigenvalue weighted by atomic mass is 32.2. The summed E-state index contributed by atoms with van der Waals surface area (Å²) in [6, 6.07) is 13.2. The lowest BCUT2D eigenvalue weighted by molar-refractivity contribution is -0.384. The molecule has 0 radical (unpaired) electrons. The van der Waals surface area contributed by atoms with Gasteiger partial charge in [0.25, 0.3) is 5.69 Å². The molecule has 11 heteroatoms. The van der Waals surface area contributed by atoms with Gasteiger partial charge >= 0.3 is 0 Å². The molecule has 0 aliphatic rings. The fourth-order valence-corrected chi connectivity index (χ4v) is 3.99. The molecule has 2 aromatic carbocycles. The Morgan fingerprint density at radius 3 is 2.61 bits per heavy atom. The molecule has 31 heavy (non-hydrogen) atoms. The lowest BCUT2D eigenvalue weighted by Crippen LogP contribution is -2.31. The molecule has 164 valence electrons. The second-order valence-corrected chi connectivity index (χ2v) is 8.84. The third kappa shape index (κ3) is 5.66. The molecular weight excluding hydrogens is 420 g/mol. The molecule has 0 atom stereocenters. The largest absolute Gasteiger partial charge is 0.375 e. The van der Waals surface area contributed by atoms with Crippen LogP contribution < -0.4 is 10.0 Å². The van der Waals surface area contributed by atoms with Gasteiger partial charge in [0.2, 0.25) is 10.0 Å². The zero-order chi connectivity index (χ0) is 22.4. The SMILES string of the molecule is CN(C)CCNS(=O)(=O)c1ccc(NCc2ccccc2-n2cccn2)c([N+](=O)[O-])c1. The fraction of sp³-hybridized carbons (Fsp3) is 0.250. The summed E-state index contributed by atoms with van der Waals surface area (Å²) in [5.41, 5.74) is 1.63. The number of nitrogens with one attached hydrogen (secondary N) is 2. The standard InChI is InChI=1S/C20H24N6O4S/c1-24(2)13-11-23-31(29,30)17-8-9-18(20(14-17)26(27)28)21-15-16-6-3-4-7-19(16)25-12-5-10-22-25/h3-10,12,14,21,23H,11,13,15H2,1-2H3. The van der Waals surface area contributed by atoms with E-state index in [0.29, 0.717) is 13.1 Å². The van der Waals surface area contributed by atoms with E-state index in [9.17, 15) is 18.5 Å². The van der Waals surface area contributed by atoms with Crippen LogP contribution in [0.2, 0.25) is 0 Å². The molecule has 0 aliphatic heterocycles. The van der Waals surface area contributed by atoms with E-state index in [1.54, 1.807) is 16.9 Å². The van der Waals surface area contributed by atoms with E-state index in [-0.39, 0.29) is 22.8 Å². The molecule has 3 rings (SSSR count). The highest BCUT2D eigenvalue weighted by Crippen LogP contribution is 2.28. The topological polar surface area (TPSA) is 122 Å². The maximum atomic E-state index is 12.5. The van der Waals surface area contributed by atoms with E-state index in [1.165, 1.54) is 12.1 Å². The number of aromatic nitrogens is 2. The molecule has 0 bridgehead atoms. The van der Waals surface area contributed by atoms with E-state index in [0.717, 1.165) is 17.3 Å². The van der Waals surface area contributed by atoms with E-state index in [4.69, 9.17) is 0 Å². The highest BCUT2D eigenvalue weighted by molar-refractivity contribution is 7.89. The first-order valence-electron chi connectivity index (χ1n) is 9.52. The van der Waals surface area contributed by atoms with Gasteiger partial charge in [-0.15, -0.1) is 0 Å². The third-order valence-corrected chi connectivity index (χ3v) is 6.00. The predicted molar refractivity (Wildman–Crippen MR) is 118 cm³/mol. The van der Waals surface area contributed by atoms with Gasteiger partial charge in [-0.25, -0.2) is 17.8 Å². The summed E-state index contributed by atoms with van der Waals surface area (Å²) in [7, 11) is -0.206. The Labute approximate surface area is 180 Å². The Kier molecular flexibility index (Phi) is 7.00. The number of rotatable bonds is 10. The Balaban J connectivity index is 1.81. The van der Waals surface area contributed by atoms with Crippen molar-refractivity contribution in [2.45, 2.75) is 11.4 Å². The number of hydrogen-bond acceptors (Lipinski definition) is 7. The van der Waals surface area contributed by atoms with Crippen LogP contribution in [0.25, 0.3) is 5.69 Å². The number of likely N-dealkylation sites (N-methyl/N-ethyl adjacent to an activating group) is 1. The van der Waals surface area contributed by atoms with Crippen LogP contribution in [0.5, 0.6) is 0 Å². The molecule has 1 aromatic heterocycles. The summed E-state index contributed by atoms with van der Waals surface area (Å²) in [4.78, 5) is 12.7. The van der Waals surface area contributed by atoms with E-state index >= 15 is 0 Å². The van der Waals surface area contributed by atoms with Gasteiger partial charge in [0, 0.05) is 38.1 Å². The van der Waals surface area contributed by atoms with Gasteiger partial charge in [-0.2, -0.15) is 5.10 Å². The Bertz CT molecular complexity index is 1150. The van der Waals surface area contributed by atoms with Crippen molar-refractivity contribution in [1.29, 1.82) is 0 Å². The Morgan fingerprint density at radius 2 is 1.94 bits per heavy atom. The number of nitro benzene ring substituents is 1. The minimum absolute atomic E-state index is 0.152. The van der Waals surface area contributed by atoms with Crippen LogP contribution >= 0.6 is 0 Å². The van der Waals surface area contributed by atoms with Crippen molar-refractivity contribution in [2.75, 3.05) is 32.5 Å². The van der Waals surface area contributed by atoms with Crippen LogP contribution in [-0.2, 0) is 16.6 Å². The zero-order valence-corrected chi connectivity index (χ0v) is 18.0. The van der Waals surface area contributed by atoms with Gasteiger partial charge in [-0.1, -0.05) is 18.2 Å². The van der Waals surface area contributed by atoms with Crippen LogP contribution in [0.15, 0.2) is 65.8 Å². The number of sulfonamides is 1. The van der Waals surface area contributed by atoms with Crippen molar-refractivity contribution in [3.05, 3.63) is 76.6 Å². The number of nitrogens with zero attached hydrogens (tertiary/aromatic N) is 4. The van der Waals surface area contributed by atoms with Crippen LogP contribution in [0, 0.1) is 10.1 Å². The van der Waals surface area contributed by atoms with Gasteiger partial charge < -0.3 is 10.2 Å². The number of para-hydroxylation sites is 1. The molecule has 0 unspecified atom stereocenters. The summed E-state index contributed by atoms with van der Waals surface area (Å²) >= 11 is 0. The van der Waals surface area contributed by atoms with Crippen LogP contribution in [0.1, 0.15) is 5.56 Å². The van der Waals surface area contributed by atoms with E-state index < -0.39 is 14.9 Å². The van der Waals surface area contributed by atoms with Crippen molar-refractivity contribution >= 4 is 21.4 Å². The first-order valence-corrected chi connectivity index (χ1v) is 11.0. The van der Waals surface area contributed by atoms with E-state index in [1.807, 2.05) is 49.5 Å². The molecule has 3 aromatic rings. The summed E-state index contributed by atoms with van der Waals surface area (Å²) in [5.74, 6) is 0. The molecule has 0 amide bonds. The summed E-state index contributed by atoms with van der Waals surface area (Å²) in [5, 5.41) is 18.9. The van der Waals surface area contributed by atoms with Crippen molar-refractivity contribution in [2.24, 2.45) is 0 Å². The van der Waals surface area contributed by atoms with Crippen molar-refractivity contribution in [3.8, 4) is 5.69 Å².